The van der Waals surface area contributed by atoms with Crippen LogP contribution in [0, 0.1) is 0 Å². The Morgan fingerprint density at radius 3 is 2.57 bits per heavy atom. The van der Waals surface area contributed by atoms with E-state index in [-0.39, 0.29) is 10.8 Å². The smallest absolute Gasteiger partial charge is 0.238 e. The van der Waals surface area contributed by atoms with Crippen molar-refractivity contribution in [1.29, 1.82) is 0 Å². The number of nitrogens with one attached hydrogen (secondary N) is 1. The normalized spacial score (nSPS) is 11.3. The lowest BCUT2D eigenvalue weighted by Crippen LogP contribution is -2.23. The van der Waals surface area contributed by atoms with Gasteiger partial charge < -0.3 is 5.32 Å². The number of hydrogen-bond acceptors (Lipinski definition) is 5. The second-order valence-corrected chi connectivity index (χ2v) is 6.73. The molecule has 1 heterocycles. The van der Waals surface area contributed by atoms with Crippen LogP contribution >= 0.6 is 11.3 Å². The molecule has 0 aliphatic carbocycles. The number of carbonyl (C=O) groups excluding carboxylic acids is 1. The van der Waals surface area contributed by atoms with Crippen molar-refractivity contribution < 1.29 is 13.2 Å². The van der Waals surface area contributed by atoms with E-state index in [0.717, 1.165) is 11.3 Å². The number of primary sulfonamides is 1. The van der Waals surface area contributed by atoms with Crippen LogP contribution in [0.25, 0.3) is 0 Å². The highest BCUT2D eigenvalue weighted by atomic mass is 32.2. The molecule has 0 aliphatic heterocycles. The fourth-order valence-corrected chi connectivity index (χ4v) is 2.80. The zero-order chi connectivity index (χ0) is 15.3. The highest BCUT2D eigenvalue weighted by Gasteiger charge is 2.07. The predicted octanol–water partition coefficient (Wildman–Crippen LogP) is 1.04. The average Bonchev–Trinajstić information content (AvgIpc) is 2.95. The van der Waals surface area contributed by atoms with Crippen molar-refractivity contribution in [3.05, 3.63) is 46.4 Å². The van der Waals surface area contributed by atoms with Gasteiger partial charge in [0.2, 0.25) is 15.9 Å². The summed E-state index contributed by atoms with van der Waals surface area (Å²) in [4.78, 5) is 15.9. The summed E-state index contributed by atoms with van der Waals surface area (Å²) in [5, 5.41) is 9.70. The maximum absolute atomic E-state index is 11.7. The molecule has 0 radical (unpaired) electrons. The number of aryl methyl sites for hydroxylation is 1. The summed E-state index contributed by atoms with van der Waals surface area (Å²) in [5.74, 6) is -0.0708. The predicted molar refractivity (Wildman–Crippen MR) is 80.1 cm³/mol. The van der Waals surface area contributed by atoms with E-state index in [4.69, 9.17) is 5.14 Å². The molecule has 0 spiro atoms. The number of hydrogen-bond donors (Lipinski definition) is 2. The Bertz CT molecular complexity index is 695. The van der Waals surface area contributed by atoms with E-state index >= 15 is 0 Å². The number of sulfonamides is 1. The van der Waals surface area contributed by atoms with Crippen LogP contribution in [0.2, 0.25) is 0 Å². The van der Waals surface area contributed by atoms with E-state index in [1.165, 1.54) is 23.5 Å². The molecule has 0 bridgehead atoms. The van der Waals surface area contributed by atoms with Crippen molar-refractivity contribution >= 4 is 27.3 Å². The highest BCUT2D eigenvalue weighted by Crippen LogP contribution is 2.09. The minimum absolute atomic E-state index is 0.0566. The third-order valence-corrected chi connectivity index (χ3v) is 4.40. The number of rotatable bonds is 6. The molecule has 2 rings (SSSR count). The second-order valence-electron chi connectivity index (χ2n) is 4.45. The summed E-state index contributed by atoms with van der Waals surface area (Å²) >= 11 is 1.50. The molecular weight excluding hydrogens is 310 g/mol. The van der Waals surface area contributed by atoms with Gasteiger partial charge in [0.05, 0.1) is 16.1 Å². The summed E-state index contributed by atoms with van der Waals surface area (Å²) in [6.45, 7) is 0.348. The van der Waals surface area contributed by atoms with Gasteiger partial charge in [0, 0.05) is 18.3 Å². The van der Waals surface area contributed by atoms with Gasteiger partial charge in [-0.15, -0.1) is 11.3 Å². The van der Waals surface area contributed by atoms with Crippen LogP contribution in [0.3, 0.4) is 0 Å². The number of carbonyl (C=O) groups is 1. The Morgan fingerprint density at radius 2 is 2.00 bits per heavy atom. The number of nitrogens with zero attached hydrogens (tertiary/aromatic N) is 1. The molecular formula is C13H15N3O3S2. The molecule has 0 aliphatic rings. The lowest BCUT2D eigenvalue weighted by Gasteiger charge is -2.05. The zero-order valence-electron chi connectivity index (χ0n) is 11.2. The Hall–Kier alpha value is -1.77. The van der Waals surface area contributed by atoms with Gasteiger partial charge in [0.1, 0.15) is 0 Å². The largest absolute Gasteiger partial charge is 0.352 e. The molecule has 0 unspecified atom stereocenters. The van der Waals surface area contributed by atoms with Gasteiger partial charge in [0.25, 0.3) is 0 Å². The first-order valence-corrected chi connectivity index (χ1v) is 8.69. The lowest BCUT2D eigenvalue weighted by atomic mass is 10.2. The fourth-order valence-electron chi connectivity index (χ4n) is 1.69. The highest BCUT2D eigenvalue weighted by molar-refractivity contribution is 7.89. The van der Waals surface area contributed by atoms with Gasteiger partial charge in [0.15, 0.2) is 0 Å². The van der Waals surface area contributed by atoms with Crippen molar-refractivity contribution in [2.45, 2.75) is 24.3 Å². The lowest BCUT2D eigenvalue weighted by molar-refractivity contribution is -0.121. The average molecular weight is 325 g/mol. The molecule has 0 saturated heterocycles. The van der Waals surface area contributed by atoms with E-state index in [1.54, 1.807) is 17.6 Å². The molecule has 2 aromatic rings. The van der Waals surface area contributed by atoms with Crippen LogP contribution in [-0.4, -0.2) is 19.3 Å². The first-order chi connectivity index (χ1) is 9.95. The van der Waals surface area contributed by atoms with Gasteiger partial charge in [-0.2, -0.15) is 0 Å². The Labute approximate surface area is 127 Å². The molecule has 0 atom stereocenters. The minimum atomic E-state index is -3.68. The quantitative estimate of drug-likeness (QED) is 0.828. The maximum Gasteiger partial charge on any atom is 0.238 e. The second kappa shape index (κ2) is 6.79. The van der Waals surface area contributed by atoms with Gasteiger partial charge in [-0.25, -0.2) is 18.5 Å². The van der Waals surface area contributed by atoms with Gasteiger partial charge in [-0.3, -0.25) is 4.79 Å². The number of aromatic nitrogens is 1. The first-order valence-electron chi connectivity index (χ1n) is 6.20. The summed E-state index contributed by atoms with van der Waals surface area (Å²) in [5.41, 5.74) is 3.46. The summed E-state index contributed by atoms with van der Waals surface area (Å²) in [6.07, 6.45) is 0.985. The molecule has 21 heavy (non-hydrogen) atoms. The van der Waals surface area contributed by atoms with Crippen LogP contribution in [0.5, 0.6) is 0 Å². The van der Waals surface area contributed by atoms with Crippen molar-refractivity contribution in [3.63, 3.8) is 0 Å². The molecule has 1 amide bonds. The van der Waals surface area contributed by atoms with E-state index in [1.807, 2.05) is 5.38 Å². The third-order valence-electron chi connectivity index (χ3n) is 2.83. The molecule has 0 saturated carbocycles. The monoisotopic (exact) mass is 325 g/mol. The topological polar surface area (TPSA) is 102 Å². The first kappa shape index (κ1) is 15.6. The molecule has 1 aromatic heterocycles. The van der Waals surface area contributed by atoms with Crippen LogP contribution < -0.4 is 10.5 Å². The third kappa shape index (κ3) is 4.92. The van der Waals surface area contributed by atoms with Crippen LogP contribution in [0.15, 0.2) is 40.1 Å². The molecule has 6 nitrogen and oxygen atoms in total. The van der Waals surface area contributed by atoms with Gasteiger partial charge >= 0.3 is 0 Å². The zero-order valence-corrected chi connectivity index (χ0v) is 12.8. The van der Waals surface area contributed by atoms with E-state index in [2.05, 4.69) is 10.3 Å². The maximum atomic E-state index is 11.7. The molecule has 0 fully saturated rings. The van der Waals surface area contributed by atoms with Crippen LogP contribution in [-0.2, 0) is 27.8 Å². The fraction of sp³-hybridized carbons (Fsp3) is 0.231. The molecule has 112 valence electrons. The molecule has 3 N–H and O–H groups in total. The molecule has 1 aromatic carbocycles. The standard InChI is InChI=1S/C13H15N3O3S2/c14-21(18,19)12-4-1-10(2-5-12)7-15-13(17)6-3-11-8-20-9-16-11/h1-2,4-5,8-9H,3,6-7H2,(H,15,17)(H2,14,18,19). The SMILES string of the molecule is NS(=O)(=O)c1ccc(CNC(=O)CCc2cscn2)cc1. The summed E-state index contributed by atoms with van der Waals surface area (Å²) < 4.78 is 22.2. The van der Waals surface area contributed by atoms with Crippen molar-refractivity contribution in [3.8, 4) is 0 Å². The number of nitrogens with two attached hydrogens (primary N) is 1. The van der Waals surface area contributed by atoms with E-state index in [9.17, 15) is 13.2 Å². The van der Waals surface area contributed by atoms with E-state index in [0.29, 0.717) is 19.4 Å². The summed E-state index contributed by atoms with van der Waals surface area (Å²) in [6, 6.07) is 6.10. The Balaban J connectivity index is 1.81. The Morgan fingerprint density at radius 1 is 1.29 bits per heavy atom. The number of benzene rings is 1. The van der Waals surface area contributed by atoms with E-state index < -0.39 is 10.0 Å². The summed E-state index contributed by atoms with van der Waals surface area (Å²) in [7, 11) is -3.68. The van der Waals surface area contributed by atoms with Crippen LogP contribution in [0.1, 0.15) is 17.7 Å². The van der Waals surface area contributed by atoms with Crippen molar-refractivity contribution in [2.24, 2.45) is 5.14 Å². The van der Waals surface area contributed by atoms with Crippen molar-refractivity contribution in [1.82, 2.24) is 10.3 Å². The van der Waals surface area contributed by atoms with Crippen molar-refractivity contribution in [2.75, 3.05) is 0 Å². The minimum Gasteiger partial charge on any atom is -0.352 e. The Kier molecular flexibility index (Phi) is 5.05. The molecule has 8 heteroatoms. The number of thiazole rings is 1. The number of amides is 1. The van der Waals surface area contributed by atoms with Gasteiger partial charge in [-0.1, -0.05) is 12.1 Å². The van der Waals surface area contributed by atoms with Crippen LogP contribution in [0.4, 0.5) is 0 Å². The van der Waals surface area contributed by atoms with Gasteiger partial charge in [-0.05, 0) is 24.1 Å².